The van der Waals surface area contributed by atoms with Gasteiger partial charge in [0.05, 0.1) is 25.4 Å². The Morgan fingerprint density at radius 3 is 1.42 bits per heavy atom. The topological polar surface area (TPSA) is 175 Å². The van der Waals surface area contributed by atoms with Crippen LogP contribution in [0.4, 0.5) is 0 Å². The lowest BCUT2D eigenvalue weighted by Gasteiger charge is -2.41. The molecule has 1 rings (SSSR count). The van der Waals surface area contributed by atoms with E-state index in [-0.39, 0.29) is 19.4 Å². The molecule has 0 radical (unpaired) electrons. The normalized spacial score (nSPS) is 19.6. The standard InChI is InChI=1S/C66H115NO10/c1-4-7-10-13-16-19-22-24-25-26-27-28-29-30-31-32-33-34-36-38-41-44-47-50-53-59(70)65(74)67-57(58(69)52-49-46-43-40-37-21-18-15-12-9-6-3)56-75-66-64(63(73)62(72)60(55-68)76-66)77-61(71)54-51-48-45-42-39-35-23-20-17-14-11-8-5-2/h7,10,16,19,24-25,27-28,30-31,35,39,49,52,57-60,62-64,66,68-70,72-73H,4-6,8-9,11-15,17-18,20-23,26,29,32-34,36-38,40-48,50-51,53-56H2,1-3H3,(H,67,74)/b10-7-,19-16-,25-24-,28-27-,31-30-,39-35-,52-49+. The van der Waals surface area contributed by atoms with Crippen LogP contribution in [0.2, 0.25) is 0 Å². The summed E-state index contributed by atoms with van der Waals surface area (Å²) in [6.45, 7) is 5.64. The molecule has 444 valence electrons. The van der Waals surface area contributed by atoms with Crippen LogP contribution >= 0.6 is 0 Å². The van der Waals surface area contributed by atoms with Crippen molar-refractivity contribution in [3.8, 4) is 0 Å². The first kappa shape index (κ1) is 71.9. The number of rotatable bonds is 52. The summed E-state index contributed by atoms with van der Waals surface area (Å²) in [6, 6.07) is -1.03. The minimum absolute atomic E-state index is 0.100. The van der Waals surface area contributed by atoms with Crippen molar-refractivity contribution < 1.29 is 49.3 Å². The van der Waals surface area contributed by atoms with Crippen LogP contribution in [-0.2, 0) is 23.8 Å². The number of aliphatic hydroxyl groups is 5. The highest BCUT2D eigenvalue weighted by Crippen LogP contribution is 2.26. The minimum Gasteiger partial charge on any atom is -0.454 e. The third-order valence-electron chi connectivity index (χ3n) is 14.3. The molecule has 1 heterocycles. The lowest BCUT2D eigenvalue weighted by molar-refractivity contribution is -0.305. The maximum Gasteiger partial charge on any atom is 0.306 e. The van der Waals surface area contributed by atoms with E-state index in [1.165, 1.54) is 103 Å². The summed E-state index contributed by atoms with van der Waals surface area (Å²) in [5.74, 6) is -1.22. The number of unbranched alkanes of at least 4 members (excludes halogenated alkanes) is 26. The summed E-state index contributed by atoms with van der Waals surface area (Å²) in [6.07, 6.45) is 59.1. The number of hydrogen-bond acceptors (Lipinski definition) is 10. The number of aliphatic hydroxyl groups excluding tert-OH is 5. The quantitative estimate of drug-likeness (QED) is 0.0195. The Bertz CT molecular complexity index is 1570. The molecule has 6 N–H and O–H groups in total. The average molecular weight is 1080 g/mol. The molecule has 11 nitrogen and oxygen atoms in total. The highest BCUT2D eigenvalue weighted by molar-refractivity contribution is 5.80. The van der Waals surface area contributed by atoms with Gasteiger partial charge in [0.2, 0.25) is 5.91 Å². The summed E-state index contributed by atoms with van der Waals surface area (Å²) in [4.78, 5) is 26.5. The summed E-state index contributed by atoms with van der Waals surface area (Å²) in [7, 11) is 0. The highest BCUT2D eigenvalue weighted by atomic mass is 16.7. The molecule has 0 spiro atoms. The van der Waals surface area contributed by atoms with Crippen molar-refractivity contribution in [1.82, 2.24) is 5.32 Å². The van der Waals surface area contributed by atoms with Crippen LogP contribution in [0.5, 0.6) is 0 Å². The molecule has 1 saturated heterocycles. The zero-order valence-electron chi connectivity index (χ0n) is 49.1. The first-order valence-corrected chi connectivity index (χ1v) is 31.4. The van der Waals surface area contributed by atoms with Gasteiger partial charge in [-0.15, -0.1) is 0 Å². The van der Waals surface area contributed by atoms with Crippen LogP contribution in [0.3, 0.4) is 0 Å². The van der Waals surface area contributed by atoms with Crippen LogP contribution in [0.1, 0.15) is 258 Å². The summed E-state index contributed by atoms with van der Waals surface area (Å²) in [5, 5.41) is 56.9. The fourth-order valence-corrected chi connectivity index (χ4v) is 9.32. The van der Waals surface area contributed by atoms with Gasteiger partial charge in [-0.3, -0.25) is 9.59 Å². The van der Waals surface area contributed by atoms with Gasteiger partial charge in [-0.05, 0) is 96.3 Å². The molecule has 0 aliphatic carbocycles. The van der Waals surface area contributed by atoms with E-state index in [9.17, 15) is 35.1 Å². The van der Waals surface area contributed by atoms with Crippen molar-refractivity contribution in [2.45, 2.75) is 307 Å². The minimum atomic E-state index is -1.62. The average Bonchev–Trinajstić information content (AvgIpc) is 3.44. The van der Waals surface area contributed by atoms with Gasteiger partial charge in [-0.25, -0.2) is 0 Å². The molecule has 0 aromatic carbocycles. The van der Waals surface area contributed by atoms with Gasteiger partial charge in [-0.2, -0.15) is 0 Å². The molecule has 0 bridgehead atoms. The van der Waals surface area contributed by atoms with Crippen LogP contribution in [0, 0.1) is 0 Å². The lowest BCUT2D eigenvalue weighted by atomic mass is 9.99. The fourth-order valence-electron chi connectivity index (χ4n) is 9.32. The molecule has 0 aromatic rings. The Morgan fingerprint density at radius 2 is 0.935 bits per heavy atom. The van der Waals surface area contributed by atoms with Crippen molar-refractivity contribution in [3.05, 3.63) is 85.1 Å². The first-order valence-electron chi connectivity index (χ1n) is 31.4. The van der Waals surface area contributed by atoms with Gasteiger partial charge in [0.25, 0.3) is 0 Å². The van der Waals surface area contributed by atoms with E-state index < -0.39 is 67.4 Å². The highest BCUT2D eigenvalue weighted by Gasteiger charge is 2.47. The van der Waals surface area contributed by atoms with Gasteiger partial charge < -0.3 is 45.1 Å². The molecule has 1 amide bonds. The maximum atomic E-state index is 13.4. The van der Waals surface area contributed by atoms with Crippen molar-refractivity contribution in [2.75, 3.05) is 13.2 Å². The van der Waals surface area contributed by atoms with Crippen LogP contribution < -0.4 is 5.32 Å². The molecule has 11 heteroatoms. The van der Waals surface area contributed by atoms with Gasteiger partial charge in [0.15, 0.2) is 12.4 Å². The Balaban J connectivity index is 2.63. The number of nitrogens with one attached hydrogen (secondary N) is 1. The number of carbonyl (C=O) groups is 2. The van der Waals surface area contributed by atoms with Gasteiger partial charge in [-0.1, -0.05) is 241 Å². The molecule has 8 atom stereocenters. The van der Waals surface area contributed by atoms with Crippen molar-refractivity contribution >= 4 is 11.9 Å². The SMILES string of the molecule is CC/C=C\C/C=C\C/C=C\C/C=C\C/C=C\CCCCCCCCCCC(O)C(=O)NC(COC1OC(CO)C(O)C(O)C1OC(=O)CCCCC/C=C\CCCCCCCC)C(O)/C=C/CCCCCCCCCCC. The van der Waals surface area contributed by atoms with Crippen molar-refractivity contribution in [1.29, 1.82) is 0 Å². The second-order valence-corrected chi connectivity index (χ2v) is 21.4. The molecule has 1 aliphatic rings. The number of hydrogen-bond donors (Lipinski definition) is 6. The second kappa shape index (κ2) is 53.5. The second-order valence-electron chi connectivity index (χ2n) is 21.4. The van der Waals surface area contributed by atoms with E-state index in [0.717, 1.165) is 109 Å². The Labute approximate surface area is 470 Å². The predicted molar refractivity (Wildman–Crippen MR) is 319 cm³/mol. The summed E-state index contributed by atoms with van der Waals surface area (Å²) < 4.78 is 17.6. The molecule has 8 unspecified atom stereocenters. The van der Waals surface area contributed by atoms with E-state index in [1.54, 1.807) is 6.08 Å². The van der Waals surface area contributed by atoms with Gasteiger partial charge in [0.1, 0.15) is 24.4 Å². The fraction of sp³-hybridized carbons (Fsp3) is 0.758. The zero-order valence-corrected chi connectivity index (χ0v) is 49.1. The number of carbonyl (C=O) groups excluding carboxylic acids is 2. The van der Waals surface area contributed by atoms with E-state index in [0.29, 0.717) is 12.8 Å². The lowest BCUT2D eigenvalue weighted by Crippen LogP contribution is -2.61. The van der Waals surface area contributed by atoms with Gasteiger partial charge >= 0.3 is 5.97 Å². The first-order chi connectivity index (χ1) is 37.7. The van der Waals surface area contributed by atoms with Crippen molar-refractivity contribution in [2.24, 2.45) is 0 Å². The third-order valence-corrected chi connectivity index (χ3v) is 14.3. The van der Waals surface area contributed by atoms with Crippen molar-refractivity contribution in [3.63, 3.8) is 0 Å². The molecule has 0 aromatic heterocycles. The third kappa shape index (κ3) is 41.5. The Morgan fingerprint density at radius 1 is 0.519 bits per heavy atom. The number of allylic oxidation sites excluding steroid dienone is 13. The van der Waals surface area contributed by atoms with Gasteiger partial charge in [0, 0.05) is 6.42 Å². The van der Waals surface area contributed by atoms with Crippen LogP contribution in [0.25, 0.3) is 0 Å². The Kier molecular flexibility index (Phi) is 49.9. The maximum absolute atomic E-state index is 13.4. The molecular weight excluding hydrogens is 967 g/mol. The van der Waals surface area contributed by atoms with E-state index in [2.05, 4.69) is 99.0 Å². The largest absolute Gasteiger partial charge is 0.454 e. The predicted octanol–water partition coefficient (Wildman–Crippen LogP) is 14.9. The zero-order chi connectivity index (χ0) is 56.1. The van der Waals surface area contributed by atoms with Crippen LogP contribution in [0.15, 0.2) is 85.1 Å². The summed E-state index contributed by atoms with van der Waals surface area (Å²) >= 11 is 0. The van der Waals surface area contributed by atoms with Crippen LogP contribution in [-0.4, -0.2) is 99.6 Å². The summed E-state index contributed by atoms with van der Waals surface area (Å²) in [5.41, 5.74) is 0. The number of ether oxygens (including phenoxy) is 3. The molecule has 1 aliphatic heterocycles. The number of amides is 1. The Hall–Kier alpha value is -3.16. The van der Waals surface area contributed by atoms with E-state index in [1.807, 2.05) is 6.08 Å². The molecule has 0 saturated carbocycles. The molecule has 77 heavy (non-hydrogen) atoms. The van der Waals surface area contributed by atoms with E-state index in [4.69, 9.17) is 14.2 Å². The van der Waals surface area contributed by atoms with E-state index >= 15 is 0 Å². The number of esters is 1. The smallest absolute Gasteiger partial charge is 0.306 e. The monoisotopic (exact) mass is 1080 g/mol. The molecular formula is C66H115NO10. The molecule has 1 fully saturated rings.